The smallest absolute Gasteiger partial charge is 0.251 e. The Morgan fingerprint density at radius 2 is 1.28 bits per heavy atom. The molecule has 0 atom stereocenters. The predicted molar refractivity (Wildman–Crippen MR) is 130 cm³/mol. The van der Waals surface area contributed by atoms with Crippen molar-refractivity contribution in [3.8, 4) is 0 Å². The topological polar surface area (TPSA) is 29.1 Å². The van der Waals surface area contributed by atoms with E-state index >= 15 is 0 Å². The van der Waals surface area contributed by atoms with E-state index < -0.39 is 0 Å². The first-order valence-corrected chi connectivity index (χ1v) is 13.6. The van der Waals surface area contributed by atoms with Crippen molar-refractivity contribution < 1.29 is 4.79 Å². The van der Waals surface area contributed by atoms with Crippen LogP contribution in [-0.4, -0.2) is 12.5 Å². The van der Waals surface area contributed by atoms with E-state index in [-0.39, 0.29) is 5.91 Å². The fourth-order valence-corrected chi connectivity index (χ4v) is 4.25. The normalized spacial score (nSPS) is 11.0. The summed E-state index contributed by atoms with van der Waals surface area (Å²) in [6, 6.07) is 7.44. The molecule has 0 spiro atoms. The summed E-state index contributed by atoms with van der Waals surface area (Å²) in [5, 5.41) is 3.01. The summed E-state index contributed by atoms with van der Waals surface area (Å²) in [6.07, 6.45) is 21.9. The Morgan fingerprint density at radius 1 is 0.793 bits per heavy atom. The van der Waals surface area contributed by atoms with Crippen molar-refractivity contribution in [2.45, 2.75) is 115 Å². The molecular formula is C25H42ClNOS. The van der Waals surface area contributed by atoms with Crippen LogP contribution in [0.2, 0.25) is 0 Å². The molecule has 1 aromatic rings. The van der Waals surface area contributed by atoms with Crippen molar-refractivity contribution in [1.82, 2.24) is 5.32 Å². The van der Waals surface area contributed by atoms with Crippen molar-refractivity contribution in [3.05, 3.63) is 29.8 Å². The van der Waals surface area contributed by atoms with Crippen molar-refractivity contribution in [2.24, 2.45) is 0 Å². The van der Waals surface area contributed by atoms with Gasteiger partial charge in [0.25, 0.3) is 5.91 Å². The molecule has 1 amide bonds. The maximum absolute atomic E-state index is 12.1. The van der Waals surface area contributed by atoms with E-state index in [4.69, 9.17) is 10.7 Å². The molecule has 0 unspecified atom stereocenters. The van der Waals surface area contributed by atoms with E-state index in [0.717, 1.165) is 28.8 Å². The van der Waals surface area contributed by atoms with Crippen LogP contribution in [0.4, 0.5) is 0 Å². The van der Waals surface area contributed by atoms with Crippen molar-refractivity contribution in [3.63, 3.8) is 0 Å². The van der Waals surface area contributed by atoms with E-state index in [1.54, 1.807) is 0 Å². The lowest BCUT2D eigenvalue weighted by molar-refractivity contribution is 0.0952. The Bertz CT molecular complexity index is 523. The van der Waals surface area contributed by atoms with Crippen LogP contribution in [-0.2, 0) is 0 Å². The number of benzene rings is 1. The first kappa shape index (κ1) is 26.4. The van der Waals surface area contributed by atoms with Crippen LogP contribution >= 0.6 is 21.7 Å². The summed E-state index contributed by atoms with van der Waals surface area (Å²) in [5.41, 5.74) is 0.687. The van der Waals surface area contributed by atoms with Gasteiger partial charge in [0.05, 0.1) is 0 Å². The second kappa shape index (κ2) is 19.3. The zero-order valence-corrected chi connectivity index (χ0v) is 20.1. The Kier molecular flexibility index (Phi) is 17.5. The van der Waals surface area contributed by atoms with Crippen LogP contribution < -0.4 is 5.32 Å². The fourth-order valence-electron chi connectivity index (χ4n) is 3.66. The molecule has 166 valence electrons. The largest absolute Gasteiger partial charge is 0.352 e. The number of hydrogen-bond acceptors (Lipinski definition) is 2. The highest BCUT2D eigenvalue weighted by Crippen LogP contribution is 2.22. The molecule has 0 aliphatic carbocycles. The monoisotopic (exact) mass is 439 g/mol. The van der Waals surface area contributed by atoms with Crippen LogP contribution in [0, 0.1) is 0 Å². The number of rotatable bonds is 19. The Labute approximate surface area is 188 Å². The van der Waals surface area contributed by atoms with Gasteiger partial charge in [0, 0.05) is 17.0 Å². The van der Waals surface area contributed by atoms with E-state index in [2.05, 4.69) is 12.2 Å². The van der Waals surface area contributed by atoms with E-state index in [0.29, 0.717) is 5.56 Å². The third kappa shape index (κ3) is 14.9. The summed E-state index contributed by atoms with van der Waals surface area (Å²) in [5.74, 6) is -0.00136. The molecule has 0 saturated carbocycles. The molecule has 1 N–H and O–H groups in total. The highest BCUT2D eigenvalue weighted by molar-refractivity contribution is 8.21. The van der Waals surface area contributed by atoms with E-state index in [9.17, 15) is 4.79 Å². The fraction of sp³-hybridized carbons (Fsp3) is 0.720. The summed E-state index contributed by atoms with van der Waals surface area (Å²) < 4.78 is 0. The molecule has 0 bridgehead atoms. The second-order valence-electron chi connectivity index (χ2n) is 8.16. The molecule has 2 nitrogen and oxygen atoms in total. The maximum atomic E-state index is 12.1. The molecule has 0 aliphatic heterocycles. The molecule has 4 heteroatoms. The van der Waals surface area contributed by atoms with Crippen LogP contribution in [0.3, 0.4) is 0 Å². The first-order chi connectivity index (χ1) is 14.3. The summed E-state index contributed by atoms with van der Waals surface area (Å²) in [7, 11) is 6.89. The second-order valence-corrected chi connectivity index (χ2v) is 9.25. The minimum atomic E-state index is -0.00136. The molecule has 1 rings (SSSR count). The zero-order valence-electron chi connectivity index (χ0n) is 18.5. The quantitative estimate of drug-likeness (QED) is 0.218. The average Bonchev–Trinajstić information content (AvgIpc) is 2.75. The van der Waals surface area contributed by atoms with Gasteiger partial charge in [-0.15, -0.1) is 0 Å². The molecule has 0 saturated heterocycles. The number of hydrogen-bond donors (Lipinski definition) is 1. The highest BCUT2D eigenvalue weighted by atomic mass is 35.7. The molecular weight excluding hydrogens is 398 g/mol. The number of unbranched alkanes of at least 4 members (excludes halogenated alkanes) is 15. The lowest BCUT2D eigenvalue weighted by Crippen LogP contribution is -2.24. The van der Waals surface area contributed by atoms with Gasteiger partial charge in [0.15, 0.2) is 0 Å². The predicted octanol–water partition coefficient (Wildman–Crippen LogP) is 8.92. The molecule has 0 aromatic heterocycles. The van der Waals surface area contributed by atoms with Gasteiger partial charge in [-0.25, -0.2) is 0 Å². The van der Waals surface area contributed by atoms with Gasteiger partial charge in [0.2, 0.25) is 0 Å². The van der Waals surface area contributed by atoms with Gasteiger partial charge in [-0.3, -0.25) is 4.79 Å². The van der Waals surface area contributed by atoms with Crippen LogP contribution in [0.5, 0.6) is 0 Å². The molecule has 0 fully saturated rings. The lowest BCUT2D eigenvalue weighted by atomic mass is 10.0. The van der Waals surface area contributed by atoms with Crippen molar-refractivity contribution >= 4 is 27.6 Å². The van der Waals surface area contributed by atoms with Crippen LogP contribution in [0.1, 0.15) is 120 Å². The van der Waals surface area contributed by atoms with Crippen LogP contribution in [0.15, 0.2) is 29.2 Å². The van der Waals surface area contributed by atoms with E-state index in [1.807, 2.05) is 24.3 Å². The number of amides is 1. The summed E-state index contributed by atoms with van der Waals surface area (Å²) in [6.45, 7) is 3.04. The molecule has 0 heterocycles. The van der Waals surface area contributed by atoms with Gasteiger partial charge in [-0.05, 0) is 46.3 Å². The standard InChI is InChI=1S/C25H42ClNOS/c1-2-3-4-5-6-7-8-9-10-11-12-13-14-15-16-17-21-27-25(28)23-19-18-20-24(22-23)29-26/h18-20,22H,2-17,21H2,1H3,(H,27,28). The summed E-state index contributed by atoms with van der Waals surface area (Å²) >= 11 is 0. The SMILES string of the molecule is CCCCCCCCCCCCCCCCCCNC(=O)c1cccc(SCl)c1. The maximum Gasteiger partial charge on any atom is 0.251 e. The van der Waals surface area contributed by atoms with Gasteiger partial charge >= 0.3 is 0 Å². The Hall–Kier alpha value is -0.670. The third-order valence-electron chi connectivity index (χ3n) is 5.50. The molecule has 29 heavy (non-hydrogen) atoms. The number of nitrogens with one attached hydrogen (secondary N) is 1. The van der Waals surface area contributed by atoms with Gasteiger partial charge in [0.1, 0.15) is 0 Å². The average molecular weight is 440 g/mol. The minimum absolute atomic E-state index is 0.00136. The van der Waals surface area contributed by atoms with Gasteiger partial charge in [-0.1, -0.05) is 109 Å². The van der Waals surface area contributed by atoms with Gasteiger partial charge in [-0.2, -0.15) is 0 Å². The summed E-state index contributed by atoms with van der Waals surface area (Å²) in [4.78, 5) is 13.0. The van der Waals surface area contributed by atoms with Crippen LogP contribution in [0.25, 0.3) is 0 Å². The van der Waals surface area contributed by atoms with Gasteiger partial charge < -0.3 is 5.32 Å². The number of carbonyl (C=O) groups is 1. The number of carbonyl (C=O) groups excluding carboxylic acids is 1. The number of halogens is 1. The van der Waals surface area contributed by atoms with Crippen molar-refractivity contribution in [1.29, 1.82) is 0 Å². The molecule has 1 aromatic carbocycles. The first-order valence-electron chi connectivity index (χ1n) is 11.9. The van der Waals surface area contributed by atoms with Crippen molar-refractivity contribution in [2.75, 3.05) is 6.54 Å². The minimum Gasteiger partial charge on any atom is -0.352 e. The molecule has 0 radical (unpaired) electrons. The zero-order chi connectivity index (χ0) is 21.0. The Morgan fingerprint density at radius 3 is 1.76 bits per heavy atom. The lowest BCUT2D eigenvalue weighted by Gasteiger charge is -2.06. The van der Waals surface area contributed by atoms with E-state index in [1.165, 1.54) is 96.3 Å². The third-order valence-corrected chi connectivity index (χ3v) is 6.47. The highest BCUT2D eigenvalue weighted by Gasteiger charge is 2.05. The molecule has 0 aliphatic rings. The Balaban J connectivity index is 1.82.